The molecule has 1 aliphatic heterocycles. The van der Waals surface area contributed by atoms with Gasteiger partial charge < -0.3 is 4.98 Å². The van der Waals surface area contributed by atoms with E-state index in [-0.39, 0.29) is 0 Å². The SMILES string of the molecule is C=C/C=C\c1nc(-c2n[nH]c3ccc(-c4cncc(CN5CCCC5)c4)cc23)[nH]c1C. The minimum absolute atomic E-state index is 0.755. The van der Waals surface area contributed by atoms with Crippen LogP contribution in [0.2, 0.25) is 0 Å². The van der Waals surface area contributed by atoms with Crippen LogP contribution in [0.25, 0.3) is 39.6 Å². The van der Waals surface area contributed by atoms with Crippen LogP contribution in [-0.4, -0.2) is 43.1 Å². The Morgan fingerprint density at radius 1 is 1.13 bits per heavy atom. The lowest BCUT2D eigenvalue weighted by molar-refractivity contribution is 0.331. The Balaban J connectivity index is 1.50. The maximum atomic E-state index is 4.72. The number of hydrogen-bond acceptors (Lipinski definition) is 4. The number of pyridine rings is 1. The number of aromatic amines is 2. The summed E-state index contributed by atoms with van der Waals surface area (Å²) in [6.45, 7) is 9.07. The number of fused-ring (bicyclic) bond motifs is 1. The third-order valence-corrected chi connectivity index (χ3v) is 5.83. The van der Waals surface area contributed by atoms with Crippen molar-refractivity contribution in [2.24, 2.45) is 0 Å². The summed E-state index contributed by atoms with van der Waals surface area (Å²) < 4.78 is 0. The van der Waals surface area contributed by atoms with E-state index >= 15 is 0 Å². The Labute approximate surface area is 181 Å². The third-order valence-electron chi connectivity index (χ3n) is 5.83. The van der Waals surface area contributed by atoms with Crippen molar-refractivity contribution in [2.45, 2.75) is 26.3 Å². The van der Waals surface area contributed by atoms with Crippen LogP contribution in [0.3, 0.4) is 0 Å². The molecular weight excluding hydrogens is 384 g/mol. The predicted molar refractivity (Wildman–Crippen MR) is 125 cm³/mol. The highest BCUT2D eigenvalue weighted by atomic mass is 15.1. The van der Waals surface area contributed by atoms with E-state index in [9.17, 15) is 0 Å². The lowest BCUT2D eigenvalue weighted by atomic mass is 10.0. The fraction of sp³-hybridized carbons (Fsp3) is 0.240. The Bertz CT molecular complexity index is 1260. The molecule has 6 heteroatoms. The Hall–Kier alpha value is -3.51. The van der Waals surface area contributed by atoms with Crippen molar-refractivity contribution >= 4 is 17.0 Å². The van der Waals surface area contributed by atoms with Gasteiger partial charge >= 0.3 is 0 Å². The van der Waals surface area contributed by atoms with Gasteiger partial charge in [0.05, 0.1) is 11.2 Å². The summed E-state index contributed by atoms with van der Waals surface area (Å²) in [6.07, 6.45) is 12.1. The molecular formula is C25H26N6. The molecule has 3 aromatic heterocycles. The largest absolute Gasteiger partial charge is 0.340 e. The summed E-state index contributed by atoms with van der Waals surface area (Å²) in [5.74, 6) is 0.755. The molecule has 156 valence electrons. The first-order valence-electron chi connectivity index (χ1n) is 10.7. The van der Waals surface area contributed by atoms with Crippen LogP contribution in [0.4, 0.5) is 0 Å². The standard InChI is InChI=1S/C25H26N6/c1-3-4-7-22-17(2)27-25(28-22)24-21-13-19(8-9-23(21)29-30-24)20-12-18(14-26-15-20)16-31-10-5-6-11-31/h3-4,7-9,12-15H,1,5-6,10-11,16H2,2H3,(H,27,28)(H,29,30)/b7-4-. The average molecular weight is 411 g/mol. The van der Waals surface area contributed by atoms with Crippen LogP contribution in [0.1, 0.15) is 29.8 Å². The van der Waals surface area contributed by atoms with Gasteiger partial charge in [-0.2, -0.15) is 5.10 Å². The zero-order valence-corrected chi connectivity index (χ0v) is 17.7. The molecule has 0 unspecified atom stereocenters. The van der Waals surface area contributed by atoms with Crippen LogP contribution >= 0.6 is 0 Å². The molecule has 31 heavy (non-hydrogen) atoms. The fourth-order valence-electron chi connectivity index (χ4n) is 4.21. The lowest BCUT2D eigenvalue weighted by Gasteiger charge is -2.14. The van der Waals surface area contributed by atoms with E-state index in [1.807, 2.05) is 31.5 Å². The number of H-pyrrole nitrogens is 2. The zero-order valence-electron chi connectivity index (χ0n) is 17.7. The Morgan fingerprint density at radius 3 is 2.84 bits per heavy atom. The number of nitrogens with zero attached hydrogens (tertiary/aromatic N) is 4. The van der Waals surface area contributed by atoms with Crippen molar-refractivity contribution in [2.75, 3.05) is 13.1 Å². The van der Waals surface area contributed by atoms with E-state index in [0.717, 1.165) is 51.5 Å². The van der Waals surface area contributed by atoms with Crippen molar-refractivity contribution in [1.29, 1.82) is 0 Å². The van der Waals surface area contributed by atoms with Crippen LogP contribution in [-0.2, 0) is 6.54 Å². The molecule has 4 aromatic rings. The molecule has 0 atom stereocenters. The average Bonchev–Trinajstić information content (AvgIpc) is 3.52. The topological polar surface area (TPSA) is 73.5 Å². The minimum atomic E-state index is 0.755. The summed E-state index contributed by atoms with van der Waals surface area (Å²) >= 11 is 0. The number of hydrogen-bond donors (Lipinski definition) is 2. The van der Waals surface area contributed by atoms with Gasteiger partial charge in [0.25, 0.3) is 0 Å². The maximum Gasteiger partial charge on any atom is 0.159 e. The number of imidazole rings is 1. The number of aromatic nitrogens is 5. The van der Waals surface area contributed by atoms with E-state index < -0.39 is 0 Å². The smallest absolute Gasteiger partial charge is 0.159 e. The van der Waals surface area contributed by atoms with Crippen LogP contribution in [0, 0.1) is 6.92 Å². The molecule has 4 heterocycles. The summed E-state index contributed by atoms with van der Waals surface area (Å²) in [6, 6.07) is 8.61. The number of benzene rings is 1. The van der Waals surface area contributed by atoms with E-state index in [0.29, 0.717) is 0 Å². The molecule has 0 aliphatic carbocycles. The van der Waals surface area contributed by atoms with Gasteiger partial charge in [-0.1, -0.05) is 24.8 Å². The highest BCUT2D eigenvalue weighted by Crippen LogP contribution is 2.30. The predicted octanol–water partition coefficient (Wildman–Crippen LogP) is 5.12. The van der Waals surface area contributed by atoms with E-state index in [2.05, 4.69) is 55.9 Å². The highest BCUT2D eigenvalue weighted by Gasteiger charge is 2.15. The summed E-state index contributed by atoms with van der Waals surface area (Å²) in [5.41, 5.74) is 7.20. The molecule has 1 fully saturated rings. The molecule has 0 bridgehead atoms. The lowest BCUT2D eigenvalue weighted by Crippen LogP contribution is -2.18. The molecule has 0 amide bonds. The molecule has 0 spiro atoms. The van der Waals surface area contributed by atoms with Gasteiger partial charge in [-0.05, 0) is 68.3 Å². The van der Waals surface area contributed by atoms with Crippen molar-refractivity contribution < 1.29 is 0 Å². The molecule has 0 saturated carbocycles. The first kappa shape index (κ1) is 19.5. The second-order valence-corrected chi connectivity index (χ2v) is 8.09. The van der Waals surface area contributed by atoms with Gasteiger partial charge in [0, 0.05) is 35.6 Å². The van der Waals surface area contributed by atoms with Gasteiger partial charge in [0.15, 0.2) is 5.82 Å². The molecule has 1 saturated heterocycles. The van der Waals surface area contributed by atoms with Gasteiger partial charge in [0.1, 0.15) is 5.69 Å². The van der Waals surface area contributed by atoms with Crippen molar-refractivity contribution in [3.05, 3.63) is 72.3 Å². The van der Waals surface area contributed by atoms with Crippen molar-refractivity contribution in [3.8, 4) is 22.6 Å². The van der Waals surface area contributed by atoms with Crippen molar-refractivity contribution in [1.82, 2.24) is 30.0 Å². The second-order valence-electron chi connectivity index (χ2n) is 8.09. The van der Waals surface area contributed by atoms with Gasteiger partial charge in [-0.25, -0.2) is 4.98 Å². The van der Waals surface area contributed by atoms with Crippen LogP contribution in [0.15, 0.2) is 55.4 Å². The maximum absolute atomic E-state index is 4.72. The van der Waals surface area contributed by atoms with Crippen molar-refractivity contribution in [3.63, 3.8) is 0 Å². The number of likely N-dealkylation sites (tertiary alicyclic amines) is 1. The monoisotopic (exact) mass is 410 g/mol. The molecule has 6 nitrogen and oxygen atoms in total. The molecule has 5 rings (SSSR count). The van der Waals surface area contributed by atoms with Gasteiger partial charge in [-0.15, -0.1) is 0 Å². The van der Waals surface area contributed by atoms with Crippen LogP contribution < -0.4 is 0 Å². The number of allylic oxidation sites excluding steroid dienone is 2. The van der Waals surface area contributed by atoms with Gasteiger partial charge in [0.2, 0.25) is 0 Å². The number of rotatable bonds is 6. The quantitative estimate of drug-likeness (QED) is 0.433. The highest BCUT2D eigenvalue weighted by molar-refractivity contribution is 5.94. The molecule has 1 aliphatic rings. The second kappa shape index (κ2) is 8.32. The number of nitrogens with one attached hydrogen (secondary N) is 2. The Kier molecular flexibility index (Phi) is 5.22. The Morgan fingerprint density at radius 2 is 2.00 bits per heavy atom. The normalized spacial score (nSPS) is 14.7. The first-order valence-corrected chi connectivity index (χ1v) is 10.7. The first-order chi connectivity index (χ1) is 15.2. The molecule has 0 radical (unpaired) electrons. The van der Waals surface area contributed by atoms with E-state index in [1.54, 1.807) is 6.08 Å². The summed E-state index contributed by atoms with van der Waals surface area (Å²) in [7, 11) is 0. The summed E-state index contributed by atoms with van der Waals surface area (Å²) in [5, 5.41) is 8.70. The van der Waals surface area contributed by atoms with Crippen LogP contribution in [0.5, 0.6) is 0 Å². The van der Waals surface area contributed by atoms with Gasteiger partial charge in [-0.3, -0.25) is 15.0 Å². The zero-order chi connectivity index (χ0) is 21.2. The van der Waals surface area contributed by atoms with E-state index in [4.69, 9.17) is 4.98 Å². The third kappa shape index (κ3) is 3.94. The molecule has 2 N–H and O–H groups in total. The number of aryl methyl sites for hydroxylation is 1. The van der Waals surface area contributed by atoms with E-state index in [1.165, 1.54) is 31.5 Å². The summed E-state index contributed by atoms with van der Waals surface area (Å²) in [4.78, 5) is 15.1. The fourth-order valence-corrected chi connectivity index (χ4v) is 4.21. The molecule has 1 aromatic carbocycles. The minimum Gasteiger partial charge on any atom is -0.340 e.